The molecule has 0 radical (unpaired) electrons. The van der Waals surface area contributed by atoms with E-state index in [1.807, 2.05) is 31.1 Å². The predicted octanol–water partition coefficient (Wildman–Crippen LogP) is 2.13. The van der Waals surface area contributed by atoms with Crippen molar-refractivity contribution in [2.75, 3.05) is 45.3 Å². The summed E-state index contributed by atoms with van der Waals surface area (Å²) in [6.07, 6.45) is 0. The fraction of sp³-hybridized carbons (Fsp3) is 0.350. The van der Waals surface area contributed by atoms with Gasteiger partial charge in [-0.25, -0.2) is 13.2 Å². The molecule has 7 nitrogen and oxygen atoms in total. The highest BCUT2D eigenvalue weighted by Gasteiger charge is 2.26. The van der Waals surface area contributed by atoms with Crippen molar-refractivity contribution in [2.45, 2.75) is 11.5 Å². The lowest BCUT2D eigenvalue weighted by molar-refractivity contribution is 0.0472. The van der Waals surface area contributed by atoms with Gasteiger partial charge in [0, 0.05) is 32.9 Å². The van der Waals surface area contributed by atoms with Gasteiger partial charge in [0.05, 0.1) is 23.7 Å². The number of ether oxygens (including phenoxy) is 2. The zero-order chi connectivity index (χ0) is 20.1. The monoisotopic (exact) mass is 404 g/mol. The van der Waals surface area contributed by atoms with E-state index in [-0.39, 0.29) is 11.5 Å². The van der Waals surface area contributed by atoms with E-state index in [2.05, 4.69) is 0 Å². The third kappa shape index (κ3) is 4.70. The van der Waals surface area contributed by atoms with Gasteiger partial charge in [0.1, 0.15) is 6.61 Å². The largest absolute Gasteiger partial charge is 0.457 e. The second-order valence-corrected chi connectivity index (χ2v) is 8.62. The molecule has 0 saturated carbocycles. The Morgan fingerprint density at radius 2 is 1.79 bits per heavy atom. The fourth-order valence-electron chi connectivity index (χ4n) is 2.86. The van der Waals surface area contributed by atoms with Gasteiger partial charge >= 0.3 is 5.97 Å². The van der Waals surface area contributed by atoms with Crippen molar-refractivity contribution < 1.29 is 22.7 Å². The lowest BCUT2D eigenvalue weighted by Gasteiger charge is -2.26. The van der Waals surface area contributed by atoms with Gasteiger partial charge in [-0.2, -0.15) is 4.31 Å². The number of anilines is 1. The summed E-state index contributed by atoms with van der Waals surface area (Å²) in [4.78, 5) is 14.4. The second kappa shape index (κ2) is 8.72. The van der Waals surface area contributed by atoms with Gasteiger partial charge in [0.25, 0.3) is 0 Å². The molecule has 0 bridgehead atoms. The van der Waals surface area contributed by atoms with Crippen LogP contribution in [0.4, 0.5) is 5.69 Å². The molecule has 2 aromatic rings. The number of morpholine rings is 1. The Morgan fingerprint density at radius 1 is 1.11 bits per heavy atom. The van der Waals surface area contributed by atoms with Crippen LogP contribution in [0.25, 0.3) is 0 Å². The van der Waals surface area contributed by atoms with Gasteiger partial charge in [-0.3, -0.25) is 0 Å². The van der Waals surface area contributed by atoms with Crippen LogP contribution in [0.15, 0.2) is 53.4 Å². The van der Waals surface area contributed by atoms with Crippen molar-refractivity contribution in [3.05, 3.63) is 59.7 Å². The highest BCUT2D eigenvalue weighted by Crippen LogP contribution is 2.19. The zero-order valence-corrected chi connectivity index (χ0v) is 16.8. The molecule has 0 atom stereocenters. The SMILES string of the molecule is CN(C)c1ccc(C(=O)OCc2cccc(S(=O)(=O)N3CCOCC3)c2)cc1. The molecule has 0 N–H and O–H groups in total. The van der Waals surface area contributed by atoms with Crippen LogP contribution < -0.4 is 4.90 Å². The number of esters is 1. The summed E-state index contributed by atoms with van der Waals surface area (Å²) >= 11 is 0. The summed E-state index contributed by atoms with van der Waals surface area (Å²) in [6, 6.07) is 13.6. The molecule has 1 aliphatic heterocycles. The second-order valence-electron chi connectivity index (χ2n) is 6.68. The van der Waals surface area contributed by atoms with Crippen LogP contribution in [-0.4, -0.2) is 59.1 Å². The Kier molecular flexibility index (Phi) is 6.33. The Bertz CT molecular complexity index is 920. The highest BCUT2D eigenvalue weighted by atomic mass is 32.2. The van der Waals surface area contributed by atoms with Crippen LogP contribution in [0.3, 0.4) is 0 Å². The molecule has 0 unspecified atom stereocenters. The summed E-state index contributed by atoms with van der Waals surface area (Å²) in [6.45, 7) is 1.46. The first-order valence-electron chi connectivity index (χ1n) is 8.99. The topological polar surface area (TPSA) is 76.2 Å². The quantitative estimate of drug-likeness (QED) is 0.687. The normalized spacial score (nSPS) is 15.2. The summed E-state index contributed by atoms with van der Waals surface area (Å²) in [5.41, 5.74) is 2.05. The van der Waals surface area contributed by atoms with Crippen molar-refractivity contribution in [3.8, 4) is 0 Å². The van der Waals surface area contributed by atoms with Crippen molar-refractivity contribution in [3.63, 3.8) is 0 Å². The first kappa shape index (κ1) is 20.3. The number of rotatable bonds is 6. The molecular weight excluding hydrogens is 380 g/mol. The summed E-state index contributed by atoms with van der Waals surface area (Å²) in [5.74, 6) is -0.452. The Balaban J connectivity index is 1.66. The molecule has 28 heavy (non-hydrogen) atoms. The Hall–Kier alpha value is -2.42. The molecule has 1 fully saturated rings. The van der Waals surface area contributed by atoms with Crippen LogP contribution in [-0.2, 0) is 26.1 Å². The van der Waals surface area contributed by atoms with E-state index in [1.54, 1.807) is 36.4 Å². The van der Waals surface area contributed by atoms with E-state index in [1.165, 1.54) is 4.31 Å². The molecule has 0 aromatic heterocycles. The van der Waals surface area contributed by atoms with Gasteiger partial charge in [-0.1, -0.05) is 12.1 Å². The number of sulfonamides is 1. The standard InChI is InChI=1S/C20H24N2O5S/c1-21(2)18-8-6-17(7-9-18)20(23)27-15-16-4-3-5-19(14-16)28(24,25)22-10-12-26-13-11-22/h3-9,14H,10-13,15H2,1-2H3. The summed E-state index contributed by atoms with van der Waals surface area (Å²) in [5, 5.41) is 0. The fourth-order valence-corrected chi connectivity index (χ4v) is 4.34. The van der Waals surface area contributed by atoms with E-state index in [9.17, 15) is 13.2 Å². The average molecular weight is 404 g/mol. The third-order valence-electron chi connectivity index (χ3n) is 4.50. The number of carbonyl (C=O) groups is 1. The van der Waals surface area contributed by atoms with Crippen molar-refractivity contribution in [1.29, 1.82) is 0 Å². The van der Waals surface area contributed by atoms with Crippen LogP contribution in [0, 0.1) is 0 Å². The van der Waals surface area contributed by atoms with Gasteiger partial charge in [-0.05, 0) is 42.0 Å². The minimum atomic E-state index is -3.58. The van der Waals surface area contributed by atoms with Gasteiger partial charge < -0.3 is 14.4 Å². The smallest absolute Gasteiger partial charge is 0.338 e. The Morgan fingerprint density at radius 3 is 2.43 bits per heavy atom. The highest BCUT2D eigenvalue weighted by molar-refractivity contribution is 7.89. The third-order valence-corrected chi connectivity index (χ3v) is 6.39. The van der Waals surface area contributed by atoms with Crippen LogP contribution in [0.1, 0.15) is 15.9 Å². The molecule has 150 valence electrons. The minimum absolute atomic E-state index is 0.000731. The maximum Gasteiger partial charge on any atom is 0.338 e. The van der Waals surface area contributed by atoms with Crippen LogP contribution in [0.2, 0.25) is 0 Å². The molecule has 0 amide bonds. The van der Waals surface area contributed by atoms with Gasteiger partial charge in [0.2, 0.25) is 10.0 Å². The maximum atomic E-state index is 12.7. The minimum Gasteiger partial charge on any atom is -0.457 e. The van der Waals surface area contributed by atoms with Crippen molar-refractivity contribution in [1.82, 2.24) is 4.31 Å². The van der Waals surface area contributed by atoms with Gasteiger partial charge in [-0.15, -0.1) is 0 Å². The Labute approximate surface area is 165 Å². The summed E-state index contributed by atoms with van der Waals surface area (Å²) in [7, 11) is 0.264. The predicted molar refractivity (Wildman–Crippen MR) is 106 cm³/mol. The number of hydrogen-bond donors (Lipinski definition) is 0. The molecule has 1 saturated heterocycles. The van der Waals surface area contributed by atoms with E-state index in [0.29, 0.717) is 37.4 Å². The first-order chi connectivity index (χ1) is 13.4. The molecule has 2 aromatic carbocycles. The summed E-state index contributed by atoms with van der Waals surface area (Å²) < 4.78 is 37.5. The molecule has 8 heteroatoms. The zero-order valence-electron chi connectivity index (χ0n) is 16.0. The molecule has 1 aliphatic rings. The maximum absolute atomic E-state index is 12.7. The van der Waals surface area contributed by atoms with Crippen molar-refractivity contribution >= 4 is 21.7 Å². The number of hydrogen-bond acceptors (Lipinski definition) is 6. The lowest BCUT2D eigenvalue weighted by Crippen LogP contribution is -2.40. The molecule has 0 spiro atoms. The van der Waals surface area contributed by atoms with Gasteiger partial charge in [0.15, 0.2) is 0 Å². The first-order valence-corrected chi connectivity index (χ1v) is 10.4. The molecular formula is C20H24N2O5S. The number of carbonyl (C=O) groups excluding carboxylic acids is 1. The van der Waals surface area contributed by atoms with E-state index in [0.717, 1.165) is 5.69 Å². The van der Waals surface area contributed by atoms with E-state index < -0.39 is 16.0 Å². The molecule has 3 rings (SSSR count). The number of benzene rings is 2. The number of nitrogens with zero attached hydrogens (tertiary/aromatic N) is 2. The van der Waals surface area contributed by atoms with Crippen LogP contribution >= 0.6 is 0 Å². The van der Waals surface area contributed by atoms with E-state index >= 15 is 0 Å². The molecule has 0 aliphatic carbocycles. The molecule has 1 heterocycles. The lowest BCUT2D eigenvalue weighted by atomic mass is 10.2. The van der Waals surface area contributed by atoms with Crippen molar-refractivity contribution in [2.24, 2.45) is 0 Å². The average Bonchev–Trinajstić information content (AvgIpc) is 2.73. The van der Waals surface area contributed by atoms with E-state index in [4.69, 9.17) is 9.47 Å². The van der Waals surface area contributed by atoms with Crippen LogP contribution in [0.5, 0.6) is 0 Å².